The van der Waals surface area contributed by atoms with Crippen molar-refractivity contribution in [1.29, 1.82) is 0 Å². The van der Waals surface area contributed by atoms with Crippen molar-refractivity contribution in [3.63, 3.8) is 0 Å². The molecule has 4 nitrogen and oxygen atoms in total. The summed E-state index contributed by atoms with van der Waals surface area (Å²) in [6.07, 6.45) is 4.04. The van der Waals surface area contributed by atoms with Gasteiger partial charge in [0.25, 0.3) is 0 Å². The second-order valence-electron chi connectivity index (χ2n) is 4.69. The Morgan fingerprint density at radius 1 is 1.56 bits per heavy atom. The van der Waals surface area contributed by atoms with Crippen molar-refractivity contribution in [2.45, 2.75) is 44.8 Å². The van der Waals surface area contributed by atoms with Gasteiger partial charge in [0.05, 0.1) is 19.1 Å². The average Bonchev–Trinajstić information content (AvgIpc) is 2.78. The zero-order valence-corrected chi connectivity index (χ0v) is 10.1. The number of carbonyl (C=O) groups excluding carboxylic acids is 1. The average molecular weight is 226 g/mol. The lowest BCUT2D eigenvalue weighted by atomic mass is 10.1. The fourth-order valence-electron chi connectivity index (χ4n) is 2.65. The van der Waals surface area contributed by atoms with Gasteiger partial charge < -0.3 is 15.0 Å². The lowest BCUT2D eigenvalue weighted by molar-refractivity contribution is -0.135. The molecule has 0 aromatic carbocycles. The lowest BCUT2D eigenvalue weighted by Crippen LogP contribution is -2.43. The molecular weight excluding hydrogens is 204 g/mol. The fourth-order valence-corrected chi connectivity index (χ4v) is 2.65. The number of ether oxygens (including phenoxy) is 1. The zero-order chi connectivity index (χ0) is 11.4. The van der Waals surface area contributed by atoms with Crippen LogP contribution in [0.4, 0.5) is 0 Å². The second-order valence-corrected chi connectivity index (χ2v) is 4.69. The number of likely N-dealkylation sites (tertiary alicyclic amines) is 1. The van der Waals surface area contributed by atoms with Crippen LogP contribution in [0.1, 0.15) is 32.6 Å². The van der Waals surface area contributed by atoms with Gasteiger partial charge in [-0.25, -0.2) is 0 Å². The molecule has 0 aromatic rings. The molecule has 0 radical (unpaired) electrons. The van der Waals surface area contributed by atoms with Crippen molar-refractivity contribution in [2.75, 3.05) is 26.2 Å². The first-order valence-electron chi connectivity index (χ1n) is 6.43. The Bertz CT molecular complexity index is 239. The Morgan fingerprint density at radius 2 is 2.44 bits per heavy atom. The van der Waals surface area contributed by atoms with E-state index in [2.05, 4.69) is 17.1 Å². The molecular formula is C12H22N2O2. The van der Waals surface area contributed by atoms with Crippen LogP contribution in [0.3, 0.4) is 0 Å². The van der Waals surface area contributed by atoms with Gasteiger partial charge in [0, 0.05) is 25.7 Å². The normalized spacial score (nSPS) is 30.7. The molecule has 2 rings (SSSR count). The molecule has 2 saturated heterocycles. The largest absolute Gasteiger partial charge is 0.375 e. The van der Waals surface area contributed by atoms with E-state index in [1.807, 2.05) is 0 Å². The summed E-state index contributed by atoms with van der Waals surface area (Å²) < 4.78 is 5.57. The quantitative estimate of drug-likeness (QED) is 0.772. The van der Waals surface area contributed by atoms with E-state index in [1.54, 1.807) is 0 Å². The molecule has 0 aliphatic carbocycles. The van der Waals surface area contributed by atoms with E-state index in [1.165, 1.54) is 6.42 Å². The number of amides is 1. The molecule has 2 aliphatic heterocycles. The number of rotatable bonds is 3. The summed E-state index contributed by atoms with van der Waals surface area (Å²) >= 11 is 0. The predicted molar refractivity (Wildman–Crippen MR) is 62.3 cm³/mol. The SMILES string of the molecule is CCC1CCCN1C(=O)CC1CNCCO1. The summed E-state index contributed by atoms with van der Waals surface area (Å²) in [6, 6.07) is 0.476. The summed E-state index contributed by atoms with van der Waals surface area (Å²) in [4.78, 5) is 14.2. The molecule has 0 aromatic heterocycles. The molecule has 16 heavy (non-hydrogen) atoms. The van der Waals surface area contributed by atoms with Crippen LogP contribution in [0.25, 0.3) is 0 Å². The molecule has 0 spiro atoms. The fraction of sp³-hybridized carbons (Fsp3) is 0.917. The van der Waals surface area contributed by atoms with Crippen molar-refractivity contribution in [2.24, 2.45) is 0 Å². The maximum atomic E-state index is 12.1. The number of hydrogen-bond donors (Lipinski definition) is 1. The third kappa shape index (κ3) is 2.74. The molecule has 0 saturated carbocycles. The van der Waals surface area contributed by atoms with Crippen LogP contribution in [0, 0.1) is 0 Å². The van der Waals surface area contributed by atoms with Crippen molar-refractivity contribution in [1.82, 2.24) is 10.2 Å². The molecule has 2 fully saturated rings. The van der Waals surface area contributed by atoms with Gasteiger partial charge in [-0.1, -0.05) is 6.92 Å². The first-order valence-corrected chi connectivity index (χ1v) is 6.43. The van der Waals surface area contributed by atoms with Gasteiger partial charge in [-0.2, -0.15) is 0 Å². The second kappa shape index (κ2) is 5.64. The minimum Gasteiger partial charge on any atom is -0.375 e. The highest BCUT2D eigenvalue weighted by molar-refractivity contribution is 5.77. The predicted octanol–water partition coefficient (Wildman–Crippen LogP) is 0.766. The number of carbonyl (C=O) groups is 1. The van der Waals surface area contributed by atoms with Gasteiger partial charge in [-0.3, -0.25) is 4.79 Å². The molecule has 4 heteroatoms. The van der Waals surface area contributed by atoms with Crippen LogP contribution in [-0.2, 0) is 9.53 Å². The van der Waals surface area contributed by atoms with E-state index < -0.39 is 0 Å². The third-order valence-corrected chi connectivity index (χ3v) is 3.58. The third-order valence-electron chi connectivity index (χ3n) is 3.58. The molecule has 2 atom stereocenters. The Morgan fingerprint density at radius 3 is 3.12 bits per heavy atom. The molecule has 0 bridgehead atoms. The Labute approximate surface area is 97.3 Å². The van der Waals surface area contributed by atoms with Gasteiger partial charge in [0.2, 0.25) is 5.91 Å². The molecule has 92 valence electrons. The van der Waals surface area contributed by atoms with E-state index in [9.17, 15) is 4.79 Å². The number of nitrogens with zero attached hydrogens (tertiary/aromatic N) is 1. The van der Waals surface area contributed by atoms with E-state index in [0.29, 0.717) is 12.5 Å². The Balaban J connectivity index is 1.82. The lowest BCUT2D eigenvalue weighted by Gasteiger charge is -2.28. The van der Waals surface area contributed by atoms with Crippen molar-refractivity contribution < 1.29 is 9.53 Å². The molecule has 1 N–H and O–H groups in total. The highest BCUT2D eigenvalue weighted by atomic mass is 16.5. The van der Waals surface area contributed by atoms with E-state index >= 15 is 0 Å². The number of hydrogen-bond acceptors (Lipinski definition) is 3. The molecule has 2 aliphatic rings. The summed E-state index contributed by atoms with van der Waals surface area (Å²) in [5.41, 5.74) is 0. The van der Waals surface area contributed by atoms with E-state index in [0.717, 1.165) is 39.1 Å². The van der Waals surface area contributed by atoms with Crippen LogP contribution < -0.4 is 5.32 Å². The smallest absolute Gasteiger partial charge is 0.225 e. The monoisotopic (exact) mass is 226 g/mol. The zero-order valence-electron chi connectivity index (χ0n) is 10.1. The van der Waals surface area contributed by atoms with Crippen LogP contribution in [-0.4, -0.2) is 49.2 Å². The van der Waals surface area contributed by atoms with Crippen molar-refractivity contribution in [3.8, 4) is 0 Å². The number of nitrogens with one attached hydrogen (secondary N) is 1. The van der Waals surface area contributed by atoms with Crippen LogP contribution >= 0.6 is 0 Å². The first-order chi connectivity index (χ1) is 7.81. The first kappa shape index (κ1) is 11.9. The number of morpholine rings is 1. The summed E-state index contributed by atoms with van der Waals surface area (Å²) in [6.45, 7) is 5.56. The topological polar surface area (TPSA) is 41.6 Å². The standard InChI is InChI=1S/C12H22N2O2/c1-2-10-4-3-6-14(10)12(15)8-11-9-13-5-7-16-11/h10-11,13H,2-9H2,1H3. The molecule has 1 amide bonds. The van der Waals surface area contributed by atoms with E-state index in [-0.39, 0.29) is 12.0 Å². The highest BCUT2D eigenvalue weighted by Crippen LogP contribution is 2.21. The minimum atomic E-state index is 0.0827. The van der Waals surface area contributed by atoms with Gasteiger partial charge in [-0.05, 0) is 19.3 Å². The van der Waals surface area contributed by atoms with Gasteiger partial charge >= 0.3 is 0 Å². The maximum Gasteiger partial charge on any atom is 0.225 e. The Kier molecular flexibility index (Phi) is 4.18. The summed E-state index contributed by atoms with van der Waals surface area (Å²) in [7, 11) is 0. The van der Waals surface area contributed by atoms with Crippen LogP contribution in [0.5, 0.6) is 0 Å². The van der Waals surface area contributed by atoms with Crippen molar-refractivity contribution in [3.05, 3.63) is 0 Å². The molecule has 2 unspecified atom stereocenters. The molecule has 2 heterocycles. The van der Waals surface area contributed by atoms with Gasteiger partial charge in [0.15, 0.2) is 0 Å². The van der Waals surface area contributed by atoms with Gasteiger partial charge in [0.1, 0.15) is 0 Å². The van der Waals surface area contributed by atoms with Gasteiger partial charge in [-0.15, -0.1) is 0 Å². The van der Waals surface area contributed by atoms with E-state index in [4.69, 9.17) is 4.74 Å². The maximum absolute atomic E-state index is 12.1. The minimum absolute atomic E-state index is 0.0827. The highest BCUT2D eigenvalue weighted by Gasteiger charge is 2.29. The summed E-state index contributed by atoms with van der Waals surface area (Å²) in [5.74, 6) is 0.276. The van der Waals surface area contributed by atoms with Crippen LogP contribution in [0.15, 0.2) is 0 Å². The summed E-state index contributed by atoms with van der Waals surface area (Å²) in [5, 5.41) is 3.26. The Hall–Kier alpha value is -0.610. The van der Waals surface area contributed by atoms with Crippen LogP contribution in [0.2, 0.25) is 0 Å². The van der Waals surface area contributed by atoms with Crippen molar-refractivity contribution >= 4 is 5.91 Å².